The first-order valence-corrected chi connectivity index (χ1v) is 8.42. The van der Waals surface area contributed by atoms with Crippen LogP contribution in [0, 0.1) is 0 Å². The van der Waals surface area contributed by atoms with Gasteiger partial charge < -0.3 is 0 Å². The summed E-state index contributed by atoms with van der Waals surface area (Å²) in [6, 6.07) is 15.3. The number of nitrogens with zero attached hydrogens (tertiary/aromatic N) is 1. The van der Waals surface area contributed by atoms with Crippen LogP contribution in [0.15, 0.2) is 54.6 Å². The maximum absolute atomic E-state index is 12.3. The van der Waals surface area contributed by atoms with E-state index in [2.05, 4.69) is 0 Å². The highest BCUT2D eigenvalue weighted by Gasteiger charge is 2.45. The second-order valence-corrected chi connectivity index (χ2v) is 7.31. The lowest BCUT2D eigenvalue weighted by molar-refractivity contribution is -0.115. The number of carbonyl (C=O) groups excluding carboxylic acids is 1. The molecule has 1 unspecified atom stereocenters. The van der Waals surface area contributed by atoms with Gasteiger partial charge in [0.15, 0.2) is 15.2 Å². The average molecular weight is 322 g/mol. The first kappa shape index (κ1) is 14.1. The molecule has 0 aromatic heterocycles. The van der Waals surface area contributed by atoms with Crippen LogP contribution in [0.1, 0.15) is 10.9 Å². The molecule has 0 bridgehead atoms. The summed E-state index contributed by atoms with van der Waals surface area (Å²) >= 11 is 5.84. The van der Waals surface area contributed by atoms with Crippen molar-refractivity contribution in [3.63, 3.8) is 0 Å². The highest BCUT2D eigenvalue weighted by molar-refractivity contribution is 7.93. The molecule has 3 rings (SSSR count). The Balaban J connectivity index is 2.13. The summed E-state index contributed by atoms with van der Waals surface area (Å²) in [5.74, 6) is -0.902. The van der Waals surface area contributed by atoms with E-state index in [0.29, 0.717) is 16.3 Å². The van der Waals surface area contributed by atoms with E-state index in [4.69, 9.17) is 11.6 Å². The van der Waals surface area contributed by atoms with Crippen LogP contribution in [-0.2, 0) is 14.6 Å². The minimum Gasteiger partial charge on any atom is -0.290 e. The molecule has 2 aromatic rings. The van der Waals surface area contributed by atoms with Crippen LogP contribution in [0.25, 0.3) is 0 Å². The van der Waals surface area contributed by atoms with Crippen LogP contribution in [-0.4, -0.2) is 20.1 Å². The van der Waals surface area contributed by atoms with Crippen molar-refractivity contribution < 1.29 is 13.2 Å². The van der Waals surface area contributed by atoms with Crippen molar-refractivity contribution in [2.24, 2.45) is 0 Å². The lowest BCUT2D eigenvalue weighted by atomic mass is 10.2. The summed E-state index contributed by atoms with van der Waals surface area (Å²) in [5, 5.41) is -0.447. The predicted molar refractivity (Wildman–Crippen MR) is 81.9 cm³/mol. The van der Waals surface area contributed by atoms with Crippen LogP contribution in [0.5, 0.6) is 0 Å². The van der Waals surface area contributed by atoms with E-state index in [0.717, 1.165) is 0 Å². The molecule has 1 amide bonds. The predicted octanol–water partition coefficient (Wildman–Crippen LogP) is 2.80. The number of amides is 1. The molecule has 1 fully saturated rings. The van der Waals surface area contributed by atoms with Gasteiger partial charge in [0, 0.05) is 10.7 Å². The molecule has 6 heteroatoms. The van der Waals surface area contributed by atoms with Gasteiger partial charge in [-0.2, -0.15) is 0 Å². The van der Waals surface area contributed by atoms with Crippen molar-refractivity contribution in [3.8, 4) is 0 Å². The second-order valence-electron chi connectivity index (χ2n) is 4.81. The van der Waals surface area contributed by atoms with Crippen LogP contribution in [0.3, 0.4) is 0 Å². The van der Waals surface area contributed by atoms with Gasteiger partial charge >= 0.3 is 0 Å². The Morgan fingerprint density at radius 1 is 1.00 bits per heavy atom. The van der Waals surface area contributed by atoms with E-state index in [1.807, 2.05) is 0 Å². The molecule has 1 aliphatic rings. The zero-order chi connectivity index (χ0) is 15.0. The quantitative estimate of drug-likeness (QED) is 0.854. The zero-order valence-corrected chi connectivity index (χ0v) is 12.5. The third-order valence-electron chi connectivity index (χ3n) is 3.36. The summed E-state index contributed by atoms with van der Waals surface area (Å²) in [5.41, 5.74) is 1.11. The molecule has 21 heavy (non-hydrogen) atoms. The Morgan fingerprint density at radius 2 is 1.62 bits per heavy atom. The van der Waals surface area contributed by atoms with E-state index in [1.54, 1.807) is 54.6 Å². The topological polar surface area (TPSA) is 54.5 Å². The minimum atomic E-state index is -3.55. The molecule has 0 radical (unpaired) electrons. The molecule has 0 N–H and O–H groups in total. The summed E-state index contributed by atoms with van der Waals surface area (Å²) in [6.45, 7) is 0. The number of anilines is 1. The summed E-state index contributed by atoms with van der Waals surface area (Å²) in [6.07, 6.45) is 0. The summed E-state index contributed by atoms with van der Waals surface area (Å²) in [4.78, 5) is 13.5. The maximum atomic E-state index is 12.3. The van der Waals surface area contributed by atoms with Gasteiger partial charge in [-0.25, -0.2) is 8.42 Å². The average Bonchev–Trinajstić information content (AvgIpc) is 2.70. The number of halogens is 1. The first-order chi connectivity index (χ1) is 9.99. The van der Waals surface area contributed by atoms with Crippen molar-refractivity contribution in [3.05, 3.63) is 65.2 Å². The first-order valence-electron chi connectivity index (χ1n) is 6.33. The zero-order valence-electron chi connectivity index (χ0n) is 10.9. The van der Waals surface area contributed by atoms with E-state index < -0.39 is 26.9 Å². The van der Waals surface area contributed by atoms with Gasteiger partial charge in [-0.1, -0.05) is 41.9 Å². The molecule has 0 spiro atoms. The summed E-state index contributed by atoms with van der Waals surface area (Å²) < 4.78 is 24.7. The number of benzene rings is 2. The second kappa shape index (κ2) is 5.16. The highest BCUT2D eigenvalue weighted by Crippen LogP contribution is 2.37. The smallest absolute Gasteiger partial charge is 0.243 e. The summed E-state index contributed by atoms with van der Waals surface area (Å²) in [7, 11) is -3.55. The van der Waals surface area contributed by atoms with E-state index in [-0.39, 0.29) is 0 Å². The fourth-order valence-corrected chi connectivity index (χ4v) is 4.37. The molecule has 2 aromatic carbocycles. The van der Waals surface area contributed by atoms with Gasteiger partial charge in [-0.15, -0.1) is 0 Å². The Bertz CT molecular complexity index is 772. The lowest BCUT2D eigenvalue weighted by Crippen LogP contribution is -2.29. The number of sulfone groups is 1. The molecule has 4 nitrogen and oxygen atoms in total. The van der Waals surface area contributed by atoms with Crippen molar-refractivity contribution >= 4 is 33.0 Å². The van der Waals surface area contributed by atoms with Gasteiger partial charge in [0.05, 0.1) is 0 Å². The van der Waals surface area contributed by atoms with Gasteiger partial charge in [0.1, 0.15) is 5.75 Å². The number of hydrogen-bond acceptors (Lipinski definition) is 3. The fourth-order valence-electron chi connectivity index (χ4n) is 2.47. The minimum absolute atomic E-state index is 0.425. The standard InChI is InChI=1S/C15H12ClNO3S/c16-12-6-8-13(9-7-12)17-14(18)10-21(19,20)15(17)11-4-2-1-3-5-11/h1-9,15H,10H2. The van der Waals surface area contributed by atoms with Crippen molar-refractivity contribution in [2.45, 2.75) is 5.37 Å². The monoisotopic (exact) mass is 321 g/mol. The molecule has 1 atom stereocenters. The molecular formula is C15H12ClNO3S. The third kappa shape index (κ3) is 2.54. The van der Waals surface area contributed by atoms with Crippen LogP contribution in [0.2, 0.25) is 5.02 Å². The van der Waals surface area contributed by atoms with E-state index in [9.17, 15) is 13.2 Å². The number of hydrogen-bond donors (Lipinski definition) is 0. The van der Waals surface area contributed by atoms with E-state index >= 15 is 0 Å². The van der Waals surface area contributed by atoms with Crippen molar-refractivity contribution in [1.82, 2.24) is 0 Å². The Hall–Kier alpha value is -1.85. The molecular weight excluding hydrogens is 310 g/mol. The number of carbonyl (C=O) groups is 1. The normalized spacial score (nSPS) is 20.7. The molecule has 1 saturated heterocycles. The molecule has 0 saturated carbocycles. The Labute approximate surface area is 127 Å². The van der Waals surface area contributed by atoms with Gasteiger partial charge in [0.2, 0.25) is 5.91 Å². The van der Waals surface area contributed by atoms with Crippen LogP contribution < -0.4 is 4.90 Å². The Morgan fingerprint density at radius 3 is 2.24 bits per heavy atom. The molecule has 1 aliphatic heterocycles. The van der Waals surface area contributed by atoms with E-state index in [1.165, 1.54) is 4.90 Å². The van der Waals surface area contributed by atoms with Crippen LogP contribution in [0.4, 0.5) is 5.69 Å². The van der Waals surface area contributed by atoms with Crippen LogP contribution >= 0.6 is 11.6 Å². The lowest BCUT2D eigenvalue weighted by Gasteiger charge is -2.23. The Kier molecular flexibility index (Phi) is 3.47. The number of rotatable bonds is 2. The van der Waals surface area contributed by atoms with Gasteiger partial charge in [0.25, 0.3) is 0 Å². The largest absolute Gasteiger partial charge is 0.290 e. The fraction of sp³-hybridized carbons (Fsp3) is 0.133. The van der Waals surface area contributed by atoms with Crippen molar-refractivity contribution in [2.75, 3.05) is 10.7 Å². The third-order valence-corrected chi connectivity index (χ3v) is 5.42. The molecule has 108 valence electrons. The maximum Gasteiger partial charge on any atom is 0.243 e. The highest BCUT2D eigenvalue weighted by atomic mass is 35.5. The van der Waals surface area contributed by atoms with Gasteiger partial charge in [-0.3, -0.25) is 9.69 Å². The molecule has 0 aliphatic carbocycles. The van der Waals surface area contributed by atoms with Gasteiger partial charge in [-0.05, 0) is 29.8 Å². The van der Waals surface area contributed by atoms with Crippen molar-refractivity contribution in [1.29, 1.82) is 0 Å². The SMILES string of the molecule is O=C1CS(=O)(=O)C(c2ccccc2)N1c1ccc(Cl)cc1. The molecule has 1 heterocycles.